The van der Waals surface area contributed by atoms with Gasteiger partial charge in [0, 0.05) is 5.69 Å². The zero-order valence-electron chi connectivity index (χ0n) is 11.6. The van der Waals surface area contributed by atoms with E-state index in [2.05, 4.69) is 5.10 Å². The maximum Gasteiger partial charge on any atom is 0.119 e. The Morgan fingerprint density at radius 1 is 1.21 bits per heavy atom. The molecule has 1 unspecified atom stereocenters. The van der Waals surface area contributed by atoms with Gasteiger partial charge in [-0.15, -0.1) is 0 Å². The molecule has 4 heteroatoms. The molecule has 0 amide bonds. The van der Waals surface area contributed by atoms with Crippen molar-refractivity contribution >= 4 is 0 Å². The van der Waals surface area contributed by atoms with Crippen molar-refractivity contribution < 1.29 is 9.84 Å². The fourth-order valence-electron chi connectivity index (χ4n) is 1.93. The highest BCUT2D eigenvalue weighted by Gasteiger charge is 2.12. The minimum absolute atomic E-state index is 0.265. The molecule has 19 heavy (non-hydrogen) atoms. The van der Waals surface area contributed by atoms with E-state index >= 15 is 0 Å². The predicted octanol–water partition coefficient (Wildman–Crippen LogP) is 2.25. The van der Waals surface area contributed by atoms with Crippen molar-refractivity contribution in [2.24, 2.45) is 0 Å². The summed E-state index contributed by atoms with van der Waals surface area (Å²) in [5.41, 5.74) is 3.28. The van der Waals surface area contributed by atoms with Crippen molar-refractivity contribution in [2.45, 2.75) is 33.4 Å². The molecular weight excluding hydrogens is 240 g/mol. The van der Waals surface area contributed by atoms with Gasteiger partial charge in [0.05, 0.1) is 12.2 Å². The summed E-state index contributed by atoms with van der Waals surface area (Å²) in [6.45, 7) is 6.75. The van der Waals surface area contributed by atoms with Crippen LogP contribution in [0.4, 0.5) is 0 Å². The van der Waals surface area contributed by atoms with Gasteiger partial charge in [0.1, 0.15) is 18.5 Å². The van der Waals surface area contributed by atoms with Crippen LogP contribution >= 0.6 is 0 Å². The lowest BCUT2D eigenvalue weighted by Gasteiger charge is -2.13. The fraction of sp³-hybridized carbons (Fsp3) is 0.400. The predicted molar refractivity (Wildman–Crippen MR) is 74.4 cm³/mol. The number of nitrogens with zero attached hydrogens (tertiary/aromatic N) is 2. The van der Waals surface area contributed by atoms with Crippen LogP contribution in [0.1, 0.15) is 17.0 Å². The molecule has 0 radical (unpaired) electrons. The number of aliphatic hydroxyl groups is 1. The Morgan fingerprint density at radius 2 is 1.89 bits per heavy atom. The van der Waals surface area contributed by atoms with Gasteiger partial charge in [-0.25, -0.2) is 0 Å². The molecule has 1 N–H and O–H groups in total. The molecule has 2 aromatic rings. The molecule has 0 saturated carbocycles. The van der Waals surface area contributed by atoms with Gasteiger partial charge >= 0.3 is 0 Å². The van der Waals surface area contributed by atoms with Gasteiger partial charge in [-0.3, -0.25) is 4.68 Å². The molecule has 102 valence electrons. The van der Waals surface area contributed by atoms with Crippen LogP contribution in [0.25, 0.3) is 0 Å². The number of rotatable bonds is 5. The van der Waals surface area contributed by atoms with Crippen LogP contribution in [0.2, 0.25) is 0 Å². The molecule has 0 bridgehead atoms. The molecule has 0 saturated heterocycles. The fourth-order valence-corrected chi connectivity index (χ4v) is 1.93. The SMILES string of the molecule is Cc1nn(CC(O)COc2ccccc2)c(C)c1C. The van der Waals surface area contributed by atoms with Gasteiger partial charge in [0.2, 0.25) is 0 Å². The number of benzene rings is 1. The van der Waals surface area contributed by atoms with Gasteiger partial charge in [0.25, 0.3) is 0 Å². The van der Waals surface area contributed by atoms with E-state index in [-0.39, 0.29) is 6.61 Å². The van der Waals surface area contributed by atoms with E-state index in [1.807, 2.05) is 55.8 Å². The van der Waals surface area contributed by atoms with Crippen LogP contribution in [0.5, 0.6) is 5.75 Å². The number of ether oxygens (including phenoxy) is 1. The third kappa shape index (κ3) is 3.35. The van der Waals surface area contributed by atoms with Gasteiger partial charge in [-0.2, -0.15) is 5.10 Å². The Bertz CT molecular complexity index is 535. The molecule has 1 atom stereocenters. The molecule has 1 aromatic heterocycles. The topological polar surface area (TPSA) is 47.3 Å². The highest BCUT2D eigenvalue weighted by atomic mass is 16.5. The Labute approximate surface area is 113 Å². The van der Waals surface area contributed by atoms with Gasteiger partial charge < -0.3 is 9.84 Å². The zero-order valence-corrected chi connectivity index (χ0v) is 11.6. The van der Waals surface area contributed by atoms with E-state index in [0.29, 0.717) is 6.54 Å². The number of hydrogen-bond acceptors (Lipinski definition) is 3. The van der Waals surface area contributed by atoms with Crippen molar-refractivity contribution in [1.82, 2.24) is 9.78 Å². The minimum Gasteiger partial charge on any atom is -0.491 e. The molecular formula is C15H20N2O2. The first kappa shape index (κ1) is 13.6. The second-order valence-electron chi connectivity index (χ2n) is 4.76. The number of para-hydroxylation sites is 1. The zero-order chi connectivity index (χ0) is 13.8. The highest BCUT2D eigenvalue weighted by Crippen LogP contribution is 2.12. The minimum atomic E-state index is -0.572. The van der Waals surface area contributed by atoms with Crippen LogP contribution in [0, 0.1) is 20.8 Å². The summed E-state index contributed by atoms with van der Waals surface area (Å²) in [4.78, 5) is 0. The quantitative estimate of drug-likeness (QED) is 0.897. The summed E-state index contributed by atoms with van der Waals surface area (Å²) >= 11 is 0. The normalized spacial score (nSPS) is 12.4. The van der Waals surface area contributed by atoms with E-state index in [1.54, 1.807) is 0 Å². The van der Waals surface area contributed by atoms with Gasteiger partial charge in [0.15, 0.2) is 0 Å². The lowest BCUT2D eigenvalue weighted by atomic mass is 10.2. The third-order valence-corrected chi connectivity index (χ3v) is 3.31. The van der Waals surface area contributed by atoms with Gasteiger partial charge in [-0.05, 0) is 38.5 Å². The van der Waals surface area contributed by atoms with E-state index < -0.39 is 6.10 Å². The largest absolute Gasteiger partial charge is 0.491 e. The highest BCUT2D eigenvalue weighted by molar-refractivity contribution is 5.22. The standard InChI is InChI=1S/C15H20N2O2/c1-11-12(2)16-17(13(11)3)9-14(18)10-19-15-7-5-4-6-8-15/h4-8,14,18H,9-10H2,1-3H3. The first-order valence-corrected chi connectivity index (χ1v) is 6.44. The Balaban J connectivity index is 1.91. The molecule has 0 aliphatic carbocycles. The van der Waals surface area contributed by atoms with Crippen LogP contribution < -0.4 is 4.74 Å². The molecule has 0 aliphatic heterocycles. The smallest absolute Gasteiger partial charge is 0.119 e. The Morgan fingerprint density at radius 3 is 2.47 bits per heavy atom. The number of aliphatic hydroxyl groups excluding tert-OH is 1. The summed E-state index contributed by atoms with van der Waals surface area (Å²) < 4.78 is 7.36. The van der Waals surface area contributed by atoms with Crippen LogP contribution in [0.3, 0.4) is 0 Å². The van der Waals surface area contributed by atoms with Crippen molar-refractivity contribution in [3.63, 3.8) is 0 Å². The lowest BCUT2D eigenvalue weighted by molar-refractivity contribution is 0.0887. The number of aryl methyl sites for hydroxylation is 1. The average Bonchev–Trinajstić information content (AvgIpc) is 2.65. The summed E-state index contributed by atoms with van der Waals surface area (Å²) in [5.74, 6) is 0.770. The maximum atomic E-state index is 10.0. The summed E-state index contributed by atoms with van der Waals surface area (Å²) in [6, 6.07) is 9.50. The Kier molecular flexibility index (Phi) is 4.22. The third-order valence-electron chi connectivity index (χ3n) is 3.31. The lowest BCUT2D eigenvalue weighted by Crippen LogP contribution is -2.24. The van der Waals surface area contributed by atoms with E-state index in [1.165, 1.54) is 5.56 Å². The molecule has 2 rings (SSSR count). The van der Waals surface area contributed by atoms with Crippen molar-refractivity contribution in [1.29, 1.82) is 0 Å². The molecule has 0 spiro atoms. The summed E-state index contributed by atoms with van der Waals surface area (Å²) in [6.07, 6.45) is -0.572. The number of hydrogen-bond donors (Lipinski definition) is 1. The number of aromatic nitrogens is 2. The van der Waals surface area contributed by atoms with Crippen LogP contribution in [-0.2, 0) is 6.54 Å². The average molecular weight is 260 g/mol. The first-order chi connectivity index (χ1) is 9.08. The van der Waals surface area contributed by atoms with Crippen LogP contribution in [-0.4, -0.2) is 27.6 Å². The van der Waals surface area contributed by atoms with Crippen molar-refractivity contribution in [3.05, 3.63) is 47.3 Å². The Hall–Kier alpha value is -1.81. The molecule has 4 nitrogen and oxygen atoms in total. The molecule has 1 aromatic carbocycles. The monoisotopic (exact) mass is 260 g/mol. The molecule has 0 aliphatic rings. The summed E-state index contributed by atoms with van der Waals surface area (Å²) in [7, 11) is 0. The van der Waals surface area contributed by atoms with E-state index in [4.69, 9.17) is 4.74 Å². The maximum absolute atomic E-state index is 10.0. The molecule has 0 fully saturated rings. The second-order valence-corrected chi connectivity index (χ2v) is 4.76. The van der Waals surface area contributed by atoms with Gasteiger partial charge in [-0.1, -0.05) is 18.2 Å². The van der Waals surface area contributed by atoms with Crippen molar-refractivity contribution in [3.8, 4) is 5.75 Å². The second kappa shape index (κ2) is 5.89. The first-order valence-electron chi connectivity index (χ1n) is 6.44. The van der Waals surface area contributed by atoms with E-state index in [0.717, 1.165) is 17.1 Å². The molecule has 1 heterocycles. The van der Waals surface area contributed by atoms with Crippen molar-refractivity contribution in [2.75, 3.05) is 6.61 Å². The van der Waals surface area contributed by atoms with Crippen LogP contribution in [0.15, 0.2) is 30.3 Å². The van der Waals surface area contributed by atoms with E-state index in [9.17, 15) is 5.11 Å². The summed E-state index contributed by atoms with van der Waals surface area (Å²) in [5, 5.41) is 14.4.